The minimum atomic E-state index is -3.66. The third-order valence-electron chi connectivity index (χ3n) is 3.41. The van der Waals surface area contributed by atoms with Crippen LogP contribution in [0, 0.1) is 22.7 Å². The van der Waals surface area contributed by atoms with Gasteiger partial charge in [-0.05, 0) is 18.9 Å². The van der Waals surface area contributed by atoms with Gasteiger partial charge < -0.3 is 0 Å². The second kappa shape index (κ2) is 5.38. The molecule has 1 fully saturated rings. The van der Waals surface area contributed by atoms with Crippen LogP contribution in [-0.2, 0) is 9.84 Å². The van der Waals surface area contributed by atoms with Gasteiger partial charge in [0.1, 0.15) is 17.0 Å². The van der Waals surface area contributed by atoms with Gasteiger partial charge in [-0.2, -0.15) is 10.5 Å². The van der Waals surface area contributed by atoms with Crippen LogP contribution in [0.3, 0.4) is 0 Å². The summed E-state index contributed by atoms with van der Waals surface area (Å²) in [4.78, 5) is 3.59. The smallest absolute Gasteiger partial charge is 0.185 e. The Bertz CT molecular complexity index is 630. The van der Waals surface area contributed by atoms with Crippen molar-refractivity contribution in [3.8, 4) is 12.1 Å². The van der Waals surface area contributed by atoms with Gasteiger partial charge in [0.2, 0.25) is 0 Å². The topological polar surface area (TPSA) is 94.6 Å². The molecule has 1 saturated carbocycles. The molecule has 0 bridgehead atoms. The Morgan fingerprint density at radius 2 is 1.84 bits per heavy atom. The molecule has 0 atom stereocenters. The van der Waals surface area contributed by atoms with Crippen molar-refractivity contribution in [3.05, 3.63) is 23.5 Å². The molecule has 0 N–H and O–H groups in total. The molecule has 0 aliphatic heterocycles. The lowest BCUT2D eigenvalue weighted by Crippen LogP contribution is -2.25. The van der Waals surface area contributed by atoms with Crippen molar-refractivity contribution in [2.75, 3.05) is 0 Å². The molecule has 0 unspecified atom stereocenters. The van der Waals surface area contributed by atoms with E-state index in [1.165, 1.54) is 12.3 Å². The van der Waals surface area contributed by atoms with Gasteiger partial charge >= 0.3 is 0 Å². The predicted molar refractivity (Wildman–Crippen MR) is 67.7 cm³/mol. The van der Waals surface area contributed by atoms with Crippen LogP contribution >= 0.6 is 0 Å². The summed E-state index contributed by atoms with van der Waals surface area (Å²) in [6.07, 6.45) is 5.24. The van der Waals surface area contributed by atoms with Crippen molar-refractivity contribution in [2.45, 2.75) is 42.2 Å². The summed E-state index contributed by atoms with van der Waals surface area (Å²) >= 11 is 0. The van der Waals surface area contributed by atoms with Crippen molar-refractivity contribution in [2.24, 2.45) is 0 Å². The molecule has 1 aliphatic rings. The van der Waals surface area contributed by atoms with Gasteiger partial charge in [-0.15, -0.1) is 0 Å². The van der Waals surface area contributed by atoms with E-state index in [1.807, 2.05) is 6.07 Å². The molecule has 5 nitrogen and oxygen atoms in total. The van der Waals surface area contributed by atoms with Crippen molar-refractivity contribution in [1.29, 1.82) is 10.5 Å². The quantitative estimate of drug-likeness (QED) is 0.821. The number of rotatable bonds is 2. The molecule has 1 aromatic rings. The fourth-order valence-electron chi connectivity index (χ4n) is 2.45. The monoisotopic (exact) mass is 275 g/mol. The van der Waals surface area contributed by atoms with E-state index in [2.05, 4.69) is 4.98 Å². The van der Waals surface area contributed by atoms with Crippen LogP contribution in [0.2, 0.25) is 0 Å². The normalized spacial score (nSPS) is 16.5. The minimum absolute atomic E-state index is 0.0112. The van der Waals surface area contributed by atoms with Gasteiger partial charge in [-0.25, -0.2) is 13.4 Å². The van der Waals surface area contributed by atoms with Crippen LogP contribution in [-0.4, -0.2) is 18.7 Å². The van der Waals surface area contributed by atoms with E-state index in [0.29, 0.717) is 12.8 Å². The molecule has 19 heavy (non-hydrogen) atoms. The number of pyridine rings is 1. The highest BCUT2D eigenvalue weighted by Gasteiger charge is 2.33. The Kier molecular flexibility index (Phi) is 3.82. The fraction of sp³-hybridized carbons (Fsp3) is 0.462. The Labute approximate surface area is 112 Å². The van der Waals surface area contributed by atoms with E-state index in [0.717, 1.165) is 19.3 Å². The number of aromatic nitrogens is 1. The zero-order valence-corrected chi connectivity index (χ0v) is 11.2. The van der Waals surface area contributed by atoms with Crippen molar-refractivity contribution < 1.29 is 8.42 Å². The molecular weight excluding hydrogens is 262 g/mol. The third kappa shape index (κ3) is 2.45. The molecule has 1 heterocycles. The lowest BCUT2D eigenvalue weighted by atomic mass is 10.0. The van der Waals surface area contributed by atoms with Gasteiger partial charge in [0.15, 0.2) is 15.5 Å². The van der Waals surface area contributed by atoms with E-state index < -0.39 is 15.1 Å². The lowest BCUT2D eigenvalue weighted by molar-refractivity contribution is 0.483. The Morgan fingerprint density at radius 1 is 1.16 bits per heavy atom. The van der Waals surface area contributed by atoms with Crippen LogP contribution in [0.5, 0.6) is 0 Å². The first kappa shape index (κ1) is 13.5. The summed E-state index contributed by atoms with van der Waals surface area (Å²) in [5.41, 5.74) is -0.165. The average Bonchev–Trinajstić information content (AvgIpc) is 2.47. The van der Waals surface area contributed by atoms with E-state index in [-0.39, 0.29) is 16.2 Å². The summed E-state index contributed by atoms with van der Waals surface area (Å²) < 4.78 is 25.2. The maximum Gasteiger partial charge on any atom is 0.185 e. The number of hydrogen-bond acceptors (Lipinski definition) is 5. The van der Waals surface area contributed by atoms with Crippen molar-refractivity contribution >= 4 is 9.84 Å². The van der Waals surface area contributed by atoms with Crippen LogP contribution < -0.4 is 0 Å². The average molecular weight is 275 g/mol. The zero-order chi connectivity index (χ0) is 13.9. The van der Waals surface area contributed by atoms with E-state index in [1.54, 1.807) is 6.07 Å². The summed E-state index contributed by atoms with van der Waals surface area (Å²) in [6.45, 7) is 0. The minimum Gasteiger partial charge on any atom is -0.244 e. The maximum absolute atomic E-state index is 12.6. The SMILES string of the molecule is N#Cc1ccnc(C#N)c1S(=O)(=O)C1CCCCC1. The number of sulfone groups is 1. The third-order valence-corrected chi connectivity index (χ3v) is 5.74. The van der Waals surface area contributed by atoms with E-state index in [4.69, 9.17) is 10.5 Å². The molecule has 1 aliphatic carbocycles. The molecule has 0 radical (unpaired) electrons. The molecule has 0 aromatic carbocycles. The standard InChI is InChI=1S/C13H13N3O2S/c14-8-10-6-7-16-12(9-15)13(10)19(17,18)11-4-2-1-3-5-11/h6-7,11H,1-5H2. The number of nitrogens with zero attached hydrogens (tertiary/aromatic N) is 3. The van der Waals surface area contributed by atoms with Gasteiger partial charge in [0.05, 0.1) is 10.8 Å². The first-order valence-corrected chi connectivity index (χ1v) is 7.69. The summed E-state index contributed by atoms with van der Waals surface area (Å²) in [5.74, 6) is 0. The fourth-order valence-corrected chi connectivity index (χ4v) is 4.52. The molecule has 98 valence electrons. The highest BCUT2D eigenvalue weighted by atomic mass is 32.2. The largest absolute Gasteiger partial charge is 0.244 e. The van der Waals surface area contributed by atoms with Crippen molar-refractivity contribution in [1.82, 2.24) is 4.98 Å². The Hall–Kier alpha value is -1.92. The van der Waals surface area contributed by atoms with E-state index >= 15 is 0 Å². The highest BCUT2D eigenvalue weighted by molar-refractivity contribution is 7.92. The summed E-state index contributed by atoms with van der Waals surface area (Å²) in [7, 11) is -3.66. The summed E-state index contributed by atoms with van der Waals surface area (Å²) in [5, 5.41) is 17.6. The van der Waals surface area contributed by atoms with Crippen LogP contribution in [0.1, 0.15) is 43.4 Å². The second-order valence-corrected chi connectivity index (χ2v) is 6.73. The molecular formula is C13H13N3O2S. The van der Waals surface area contributed by atoms with Gasteiger partial charge in [0.25, 0.3) is 0 Å². The van der Waals surface area contributed by atoms with E-state index in [9.17, 15) is 8.42 Å². The molecule has 0 spiro atoms. The predicted octanol–water partition coefficient (Wildman–Crippen LogP) is 1.93. The van der Waals surface area contributed by atoms with Crippen LogP contribution in [0.4, 0.5) is 0 Å². The van der Waals surface area contributed by atoms with Gasteiger partial charge in [0, 0.05) is 6.20 Å². The Balaban J connectivity index is 2.57. The molecule has 2 rings (SSSR count). The molecule has 0 amide bonds. The van der Waals surface area contributed by atoms with Crippen LogP contribution in [0.15, 0.2) is 17.2 Å². The van der Waals surface area contributed by atoms with Crippen molar-refractivity contribution in [3.63, 3.8) is 0 Å². The number of hydrogen-bond donors (Lipinski definition) is 0. The second-order valence-electron chi connectivity index (χ2n) is 4.56. The van der Waals surface area contributed by atoms with Gasteiger partial charge in [-0.3, -0.25) is 0 Å². The molecule has 6 heteroatoms. The zero-order valence-electron chi connectivity index (χ0n) is 10.3. The summed E-state index contributed by atoms with van der Waals surface area (Å²) in [6, 6.07) is 4.96. The first-order valence-electron chi connectivity index (χ1n) is 6.14. The van der Waals surface area contributed by atoms with Crippen LogP contribution in [0.25, 0.3) is 0 Å². The maximum atomic E-state index is 12.6. The molecule has 1 aromatic heterocycles. The highest BCUT2D eigenvalue weighted by Crippen LogP contribution is 2.31. The molecule has 0 saturated heterocycles. The first-order chi connectivity index (χ1) is 9.11. The lowest BCUT2D eigenvalue weighted by Gasteiger charge is -2.22. The number of nitriles is 2. The Morgan fingerprint density at radius 3 is 2.42 bits per heavy atom. The van der Waals surface area contributed by atoms with Gasteiger partial charge in [-0.1, -0.05) is 19.3 Å².